The van der Waals surface area contributed by atoms with Crippen molar-refractivity contribution < 1.29 is 4.79 Å². The average molecular weight is 296 g/mol. The van der Waals surface area contributed by atoms with E-state index in [0.29, 0.717) is 11.7 Å². The highest BCUT2D eigenvalue weighted by atomic mass is 16.1. The molecule has 118 valence electrons. The van der Waals surface area contributed by atoms with Gasteiger partial charge in [-0.2, -0.15) is 0 Å². The van der Waals surface area contributed by atoms with Gasteiger partial charge in [-0.1, -0.05) is 69.2 Å². The second-order valence-electron chi connectivity index (χ2n) is 6.39. The number of Topliss-reactive ketones (excluding diaryl/α,β-unsaturated/α-hetero) is 1. The van der Waals surface area contributed by atoms with Gasteiger partial charge < -0.3 is 0 Å². The van der Waals surface area contributed by atoms with E-state index in [1.807, 2.05) is 0 Å². The molecule has 0 bridgehead atoms. The maximum absolute atomic E-state index is 12.0. The van der Waals surface area contributed by atoms with Crippen LogP contribution in [0.3, 0.4) is 0 Å². The normalized spacial score (nSPS) is 12.5. The first-order valence-corrected chi connectivity index (χ1v) is 8.72. The number of carbonyl (C=O) groups is 1. The molecule has 0 aromatic heterocycles. The number of hydrogen-bond acceptors (Lipinski definition) is 1. The van der Waals surface area contributed by atoms with Crippen LogP contribution in [0.5, 0.6) is 0 Å². The summed E-state index contributed by atoms with van der Waals surface area (Å²) in [6, 6.07) is 15.2. The van der Waals surface area contributed by atoms with E-state index < -0.39 is 0 Å². The summed E-state index contributed by atoms with van der Waals surface area (Å²) in [6.45, 7) is 4.31. The van der Waals surface area contributed by atoms with E-state index >= 15 is 0 Å². The summed E-state index contributed by atoms with van der Waals surface area (Å²) in [4.78, 5) is 12.0. The fourth-order valence-corrected chi connectivity index (χ4v) is 3.17. The lowest BCUT2D eigenvalue weighted by atomic mass is 9.88. The number of fused-ring (bicyclic) bond motifs is 1. The molecule has 1 heteroatoms. The predicted molar refractivity (Wildman–Crippen MR) is 95.2 cm³/mol. The Morgan fingerprint density at radius 1 is 1.00 bits per heavy atom. The zero-order valence-electron chi connectivity index (χ0n) is 14.0. The molecule has 0 aliphatic rings. The monoisotopic (exact) mass is 296 g/mol. The van der Waals surface area contributed by atoms with E-state index in [-0.39, 0.29) is 0 Å². The molecule has 0 spiro atoms. The van der Waals surface area contributed by atoms with Gasteiger partial charge in [-0.3, -0.25) is 4.79 Å². The van der Waals surface area contributed by atoms with Crippen molar-refractivity contribution in [3.63, 3.8) is 0 Å². The van der Waals surface area contributed by atoms with E-state index in [9.17, 15) is 4.79 Å². The molecule has 22 heavy (non-hydrogen) atoms. The number of carbonyl (C=O) groups excluding carboxylic acids is 1. The summed E-state index contributed by atoms with van der Waals surface area (Å²) >= 11 is 0. The quantitative estimate of drug-likeness (QED) is 0.559. The molecule has 0 heterocycles. The highest BCUT2D eigenvalue weighted by Gasteiger charge is 2.14. The lowest BCUT2D eigenvalue weighted by Gasteiger charge is -2.16. The summed E-state index contributed by atoms with van der Waals surface area (Å²) < 4.78 is 0. The van der Waals surface area contributed by atoms with Crippen LogP contribution in [0.4, 0.5) is 0 Å². The Hall–Kier alpha value is -1.63. The highest BCUT2D eigenvalue weighted by molar-refractivity contribution is 5.83. The van der Waals surface area contributed by atoms with Crippen LogP contribution in [0.2, 0.25) is 0 Å². The number of unbranched alkanes of at least 4 members (excludes halogenated alkanes) is 1. The minimum Gasteiger partial charge on any atom is -0.300 e. The molecule has 0 fully saturated rings. The van der Waals surface area contributed by atoms with Crippen molar-refractivity contribution in [3.8, 4) is 0 Å². The molecule has 0 saturated carbocycles. The van der Waals surface area contributed by atoms with Crippen LogP contribution in [0.25, 0.3) is 10.8 Å². The zero-order valence-corrected chi connectivity index (χ0v) is 14.0. The van der Waals surface area contributed by atoms with E-state index in [0.717, 1.165) is 25.7 Å². The molecule has 1 atom stereocenters. The molecule has 2 aromatic rings. The van der Waals surface area contributed by atoms with Crippen molar-refractivity contribution in [2.45, 2.75) is 58.8 Å². The lowest BCUT2D eigenvalue weighted by Crippen LogP contribution is -2.11. The number of benzene rings is 2. The molecule has 0 N–H and O–H groups in total. The molecule has 1 unspecified atom stereocenters. The first-order valence-electron chi connectivity index (χ1n) is 8.72. The molecule has 2 aromatic carbocycles. The van der Waals surface area contributed by atoms with Gasteiger partial charge in [0, 0.05) is 12.8 Å². The number of rotatable bonds is 9. The van der Waals surface area contributed by atoms with Gasteiger partial charge in [-0.25, -0.2) is 0 Å². The van der Waals surface area contributed by atoms with Gasteiger partial charge in [-0.05, 0) is 41.5 Å². The zero-order chi connectivity index (χ0) is 15.8. The fourth-order valence-electron chi connectivity index (χ4n) is 3.17. The largest absolute Gasteiger partial charge is 0.300 e. The number of ketones is 1. The van der Waals surface area contributed by atoms with Crippen LogP contribution in [0, 0.1) is 5.92 Å². The molecule has 1 nitrogen and oxygen atoms in total. The van der Waals surface area contributed by atoms with Crippen molar-refractivity contribution in [2.75, 3.05) is 0 Å². The summed E-state index contributed by atoms with van der Waals surface area (Å²) in [5.41, 5.74) is 1.36. The Balaban J connectivity index is 2.07. The molecular weight excluding hydrogens is 268 g/mol. The Morgan fingerprint density at radius 2 is 1.77 bits per heavy atom. The fraction of sp³-hybridized carbons (Fsp3) is 0.476. The lowest BCUT2D eigenvalue weighted by molar-refractivity contribution is -0.120. The van der Waals surface area contributed by atoms with Crippen LogP contribution in [-0.2, 0) is 11.2 Å². The maximum atomic E-state index is 12.0. The maximum Gasteiger partial charge on any atom is 0.133 e. The van der Waals surface area contributed by atoms with Gasteiger partial charge in [-0.15, -0.1) is 0 Å². The first-order chi connectivity index (χ1) is 10.7. The molecule has 0 amide bonds. The van der Waals surface area contributed by atoms with Gasteiger partial charge in [0.05, 0.1) is 0 Å². The van der Waals surface area contributed by atoms with Crippen LogP contribution < -0.4 is 0 Å². The van der Waals surface area contributed by atoms with E-state index in [2.05, 4.69) is 56.3 Å². The van der Waals surface area contributed by atoms with Crippen LogP contribution in [0.1, 0.15) is 57.9 Å². The van der Waals surface area contributed by atoms with Crippen molar-refractivity contribution in [2.24, 2.45) is 5.92 Å². The molecule has 0 aliphatic heterocycles. The minimum atomic E-state index is 0.435. The second-order valence-corrected chi connectivity index (χ2v) is 6.39. The molecule has 0 saturated heterocycles. The molecule has 0 aliphatic carbocycles. The predicted octanol–water partition coefficient (Wildman–Crippen LogP) is 5.95. The third-order valence-electron chi connectivity index (χ3n) is 4.35. The van der Waals surface area contributed by atoms with Crippen LogP contribution >= 0.6 is 0 Å². The Kier molecular flexibility index (Phi) is 6.64. The SMILES string of the molecule is CCCCC(CC(=O)CCC)Cc1ccc2ccccc2c1. The van der Waals surface area contributed by atoms with Gasteiger partial charge in [0.15, 0.2) is 0 Å². The Labute approximate surface area is 134 Å². The van der Waals surface area contributed by atoms with Crippen molar-refractivity contribution >= 4 is 16.6 Å². The van der Waals surface area contributed by atoms with Crippen LogP contribution in [-0.4, -0.2) is 5.78 Å². The summed E-state index contributed by atoms with van der Waals surface area (Å²) in [6.07, 6.45) is 7.07. The average Bonchev–Trinajstić information content (AvgIpc) is 2.52. The Bertz CT molecular complexity index is 600. The van der Waals surface area contributed by atoms with Gasteiger partial charge in [0.2, 0.25) is 0 Å². The van der Waals surface area contributed by atoms with Gasteiger partial charge in [0.1, 0.15) is 5.78 Å². The summed E-state index contributed by atoms with van der Waals surface area (Å²) in [5.74, 6) is 0.935. The second kappa shape index (κ2) is 8.73. The van der Waals surface area contributed by atoms with Crippen molar-refractivity contribution in [3.05, 3.63) is 48.0 Å². The third-order valence-corrected chi connectivity index (χ3v) is 4.35. The smallest absolute Gasteiger partial charge is 0.133 e. The van der Waals surface area contributed by atoms with Gasteiger partial charge in [0.25, 0.3) is 0 Å². The summed E-state index contributed by atoms with van der Waals surface area (Å²) in [7, 11) is 0. The minimum absolute atomic E-state index is 0.435. The van der Waals surface area contributed by atoms with Crippen molar-refractivity contribution in [1.82, 2.24) is 0 Å². The first kappa shape index (κ1) is 16.7. The highest BCUT2D eigenvalue weighted by Crippen LogP contribution is 2.23. The number of hydrogen-bond donors (Lipinski definition) is 0. The van der Waals surface area contributed by atoms with E-state index in [4.69, 9.17) is 0 Å². The Morgan fingerprint density at radius 3 is 2.50 bits per heavy atom. The van der Waals surface area contributed by atoms with Crippen molar-refractivity contribution in [1.29, 1.82) is 0 Å². The van der Waals surface area contributed by atoms with Crippen LogP contribution in [0.15, 0.2) is 42.5 Å². The standard InChI is InChI=1S/C21H28O/c1-3-5-9-17(16-21(22)8-4-2)14-18-12-13-19-10-6-7-11-20(19)15-18/h6-7,10-13,15,17H,3-5,8-9,14,16H2,1-2H3. The van der Waals surface area contributed by atoms with E-state index in [1.54, 1.807) is 0 Å². The molecule has 0 radical (unpaired) electrons. The van der Waals surface area contributed by atoms with Gasteiger partial charge >= 0.3 is 0 Å². The summed E-state index contributed by atoms with van der Waals surface area (Å²) in [5, 5.41) is 2.59. The molecule has 2 rings (SSSR count). The molecular formula is C21H28O. The third kappa shape index (κ3) is 4.98. The van der Waals surface area contributed by atoms with E-state index in [1.165, 1.54) is 35.6 Å². The topological polar surface area (TPSA) is 17.1 Å².